The molecule has 0 spiro atoms. The van der Waals surface area contributed by atoms with E-state index in [0.29, 0.717) is 6.04 Å². The number of thioether (sulfide) groups is 1. The van der Waals surface area contributed by atoms with E-state index in [1.807, 2.05) is 31.2 Å². The van der Waals surface area contributed by atoms with Crippen LogP contribution in [0.5, 0.6) is 0 Å². The molecule has 5 nitrogen and oxygen atoms in total. The molecule has 2 unspecified atom stereocenters. The van der Waals surface area contributed by atoms with Gasteiger partial charge in [-0.25, -0.2) is 0 Å². The molecule has 2 aromatic heterocycles. The third kappa shape index (κ3) is 3.62. The Morgan fingerprint density at radius 3 is 2.92 bits per heavy atom. The van der Waals surface area contributed by atoms with Gasteiger partial charge in [-0.05, 0) is 26.3 Å². The Kier molecular flexibility index (Phi) is 5.20. The summed E-state index contributed by atoms with van der Waals surface area (Å²) in [6.07, 6.45) is 2.82. The van der Waals surface area contributed by atoms with Crippen LogP contribution in [0.4, 0.5) is 5.13 Å². The molecule has 0 bridgehead atoms. The standard InChI is InChI=1S/C17H20N4OS2/c1-4-10(2)19-16-20-21-17(24-16)23-11(3)15(22)13-9-18-14-8-6-5-7-12(13)14/h5-11,18H,4H2,1-3H3,(H,19,20). The maximum atomic E-state index is 12.8. The summed E-state index contributed by atoms with van der Waals surface area (Å²) in [7, 11) is 0. The summed E-state index contributed by atoms with van der Waals surface area (Å²) < 4.78 is 0.807. The van der Waals surface area contributed by atoms with Crippen LogP contribution >= 0.6 is 23.1 Å². The summed E-state index contributed by atoms with van der Waals surface area (Å²) in [5.41, 5.74) is 1.71. The number of nitrogens with one attached hydrogen (secondary N) is 2. The molecule has 0 amide bonds. The van der Waals surface area contributed by atoms with Crippen LogP contribution in [-0.4, -0.2) is 32.3 Å². The van der Waals surface area contributed by atoms with E-state index in [1.54, 1.807) is 6.20 Å². The predicted molar refractivity (Wildman–Crippen MR) is 101 cm³/mol. The van der Waals surface area contributed by atoms with Crippen LogP contribution in [0.15, 0.2) is 34.8 Å². The highest BCUT2D eigenvalue weighted by molar-refractivity contribution is 8.02. The van der Waals surface area contributed by atoms with Gasteiger partial charge in [-0.1, -0.05) is 48.2 Å². The van der Waals surface area contributed by atoms with Gasteiger partial charge in [0.2, 0.25) is 5.13 Å². The number of hydrogen-bond acceptors (Lipinski definition) is 6. The second kappa shape index (κ2) is 7.36. The van der Waals surface area contributed by atoms with Gasteiger partial charge in [0, 0.05) is 28.7 Å². The maximum absolute atomic E-state index is 12.8. The smallest absolute Gasteiger partial charge is 0.206 e. The molecule has 126 valence electrons. The number of H-pyrrole nitrogens is 1. The molecule has 0 radical (unpaired) electrons. The van der Waals surface area contributed by atoms with E-state index in [2.05, 4.69) is 34.3 Å². The van der Waals surface area contributed by atoms with E-state index in [9.17, 15) is 4.79 Å². The Morgan fingerprint density at radius 2 is 2.12 bits per heavy atom. The van der Waals surface area contributed by atoms with Crippen molar-refractivity contribution < 1.29 is 4.79 Å². The van der Waals surface area contributed by atoms with E-state index < -0.39 is 0 Å². The first-order chi connectivity index (χ1) is 11.6. The summed E-state index contributed by atoms with van der Waals surface area (Å²) in [5, 5.41) is 13.2. The zero-order chi connectivity index (χ0) is 17.1. The monoisotopic (exact) mass is 360 g/mol. The molecule has 3 aromatic rings. The van der Waals surface area contributed by atoms with Gasteiger partial charge in [-0.2, -0.15) is 0 Å². The molecule has 3 rings (SSSR count). The molecule has 2 N–H and O–H groups in total. The quantitative estimate of drug-likeness (QED) is 0.476. The highest BCUT2D eigenvalue weighted by Crippen LogP contribution is 2.31. The molecule has 2 atom stereocenters. The van der Waals surface area contributed by atoms with E-state index in [-0.39, 0.29) is 11.0 Å². The first kappa shape index (κ1) is 17.0. The van der Waals surface area contributed by atoms with Crippen molar-refractivity contribution in [3.05, 3.63) is 36.0 Å². The minimum atomic E-state index is -0.214. The van der Waals surface area contributed by atoms with Crippen LogP contribution in [-0.2, 0) is 0 Å². The summed E-state index contributed by atoms with van der Waals surface area (Å²) in [6.45, 7) is 6.14. The fraction of sp³-hybridized carbons (Fsp3) is 0.353. The average Bonchev–Trinajstić information content (AvgIpc) is 3.20. The molecule has 2 heterocycles. The maximum Gasteiger partial charge on any atom is 0.206 e. The minimum Gasteiger partial charge on any atom is -0.360 e. The van der Waals surface area contributed by atoms with Crippen molar-refractivity contribution in [2.75, 3.05) is 5.32 Å². The number of carbonyl (C=O) groups excluding carboxylic acids is 1. The number of rotatable bonds is 7. The first-order valence-electron chi connectivity index (χ1n) is 7.95. The number of hydrogen-bond donors (Lipinski definition) is 2. The number of ketones is 1. The van der Waals surface area contributed by atoms with Crippen LogP contribution < -0.4 is 5.32 Å². The number of aromatic nitrogens is 3. The van der Waals surface area contributed by atoms with Crippen molar-refractivity contribution in [1.29, 1.82) is 0 Å². The van der Waals surface area contributed by atoms with Crippen LogP contribution in [0.25, 0.3) is 10.9 Å². The molecule has 0 aliphatic rings. The molecule has 0 aliphatic carbocycles. The number of carbonyl (C=O) groups is 1. The molecule has 24 heavy (non-hydrogen) atoms. The van der Waals surface area contributed by atoms with Crippen molar-refractivity contribution in [2.45, 2.75) is 42.8 Å². The SMILES string of the molecule is CCC(C)Nc1nnc(SC(C)C(=O)c2c[nH]c3ccccc23)s1. The Hall–Kier alpha value is -1.86. The van der Waals surface area contributed by atoms with Gasteiger partial charge >= 0.3 is 0 Å². The highest BCUT2D eigenvalue weighted by atomic mass is 32.2. The second-order valence-electron chi connectivity index (χ2n) is 5.70. The number of benzene rings is 1. The lowest BCUT2D eigenvalue weighted by Crippen LogP contribution is -2.13. The third-order valence-corrected chi connectivity index (χ3v) is 5.93. The van der Waals surface area contributed by atoms with Crippen molar-refractivity contribution >= 4 is 44.9 Å². The number of fused-ring (bicyclic) bond motifs is 1. The normalized spacial score (nSPS) is 13.8. The van der Waals surface area contributed by atoms with E-state index >= 15 is 0 Å². The number of Topliss-reactive ketones (excluding diaryl/α,β-unsaturated/α-hetero) is 1. The fourth-order valence-corrected chi connectivity index (χ4v) is 4.40. The molecule has 0 saturated carbocycles. The van der Waals surface area contributed by atoms with Gasteiger partial charge in [0.1, 0.15) is 0 Å². The highest BCUT2D eigenvalue weighted by Gasteiger charge is 2.21. The zero-order valence-corrected chi connectivity index (χ0v) is 15.5. The van der Waals surface area contributed by atoms with Gasteiger partial charge in [0.25, 0.3) is 0 Å². The summed E-state index contributed by atoms with van der Waals surface area (Å²) >= 11 is 2.95. The van der Waals surface area contributed by atoms with Crippen LogP contribution in [0.2, 0.25) is 0 Å². The van der Waals surface area contributed by atoms with Gasteiger partial charge in [-0.15, -0.1) is 10.2 Å². The molecule has 0 fully saturated rings. The van der Waals surface area contributed by atoms with E-state index in [0.717, 1.165) is 32.4 Å². The zero-order valence-electron chi connectivity index (χ0n) is 13.9. The van der Waals surface area contributed by atoms with Crippen molar-refractivity contribution in [3.63, 3.8) is 0 Å². The second-order valence-corrected chi connectivity index (χ2v) is 8.26. The Morgan fingerprint density at radius 1 is 1.33 bits per heavy atom. The van der Waals surface area contributed by atoms with Crippen molar-refractivity contribution in [3.8, 4) is 0 Å². The Balaban J connectivity index is 1.70. The molecule has 0 saturated heterocycles. The van der Waals surface area contributed by atoms with Crippen molar-refractivity contribution in [1.82, 2.24) is 15.2 Å². The first-order valence-corrected chi connectivity index (χ1v) is 9.65. The van der Waals surface area contributed by atoms with Crippen molar-refractivity contribution in [2.24, 2.45) is 0 Å². The predicted octanol–water partition coefficient (Wildman–Crippen LogP) is 4.59. The van der Waals surface area contributed by atoms with Crippen LogP contribution in [0.3, 0.4) is 0 Å². The van der Waals surface area contributed by atoms with Gasteiger partial charge in [0.05, 0.1) is 5.25 Å². The molecular weight excluding hydrogens is 340 g/mol. The Labute approximate surface area is 149 Å². The Bertz CT molecular complexity index is 842. The fourth-order valence-electron chi connectivity index (χ4n) is 2.33. The minimum absolute atomic E-state index is 0.101. The molecule has 7 heteroatoms. The van der Waals surface area contributed by atoms with Crippen LogP contribution in [0.1, 0.15) is 37.6 Å². The lowest BCUT2D eigenvalue weighted by molar-refractivity contribution is 0.0995. The molecule has 1 aromatic carbocycles. The lowest BCUT2D eigenvalue weighted by atomic mass is 10.1. The average molecular weight is 361 g/mol. The molecule has 0 aliphatic heterocycles. The summed E-state index contributed by atoms with van der Waals surface area (Å²) in [6, 6.07) is 8.21. The van der Waals surface area contributed by atoms with Crippen LogP contribution in [0, 0.1) is 0 Å². The number of anilines is 1. The van der Waals surface area contributed by atoms with E-state index in [1.165, 1.54) is 23.1 Å². The van der Waals surface area contributed by atoms with Gasteiger partial charge in [0.15, 0.2) is 10.1 Å². The lowest BCUT2D eigenvalue weighted by Gasteiger charge is -2.08. The molecular formula is C17H20N4OS2. The number of para-hydroxylation sites is 1. The topological polar surface area (TPSA) is 70.7 Å². The summed E-state index contributed by atoms with van der Waals surface area (Å²) in [4.78, 5) is 15.9. The van der Waals surface area contributed by atoms with Gasteiger partial charge in [-0.3, -0.25) is 4.79 Å². The van der Waals surface area contributed by atoms with Gasteiger partial charge < -0.3 is 10.3 Å². The van der Waals surface area contributed by atoms with E-state index in [4.69, 9.17) is 0 Å². The third-order valence-electron chi connectivity index (χ3n) is 3.89. The summed E-state index contributed by atoms with van der Waals surface area (Å²) in [5.74, 6) is 0.101. The number of aromatic amines is 1. The number of nitrogens with zero attached hydrogens (tertiary/aromatic N) is 2. The largest absolute Gasteiger partial charge is 0.360 e.